The summed E-state index contributed by atoms with van der Waals surface area (Å²) < 4.78 is 14.6. The first kappa shape index (κ1) is 15.1. The Morgan fingerprint density at radius 2 is 2.05 bits per heavy atom. The maximum Gasteiger partial charge on any atom is 0.265 e. The smallest absolute Gasteiger partial charge is 0.265 e. The molecule has 2 aromatic rings. The Hall–Kier alpha value is -1.34. The van der Waals surface area contributed by atoms with Crippen molar-refractivity contribution in [3.8, 4) is 0 Å². The number of hydrogen-bond acceptors (Lipinski definition) is 3. The third-order valence-corrected chi connectivity index (χ3v) is 4.67. The number of nitrogens with zero attached hydrogens (tertiary/aromatic N) is 3. The van der Waals surface area contributed by atoms with Gasteiger partial charge in [0.25, 0.3) is 6.33 Å². The molecule has 0 atom stereocenters. The minimum Gasteiger partial charge on any atom is -1.00 e. The molecule has 0 spiro atoms. The zero-order valence-corrected chi connectivity index (χ0v) is 13.1. The second kappa shape index (κ2) is 6.41. The van der Waals surface area contributed by atoms with Crippen LogP contribution >= 0.6 is 0 Å². The van der Waals surface area contributed by atoms with E-state index in [0.29, 0.717) is 17.1 Å². The highest BCUT2D eigenvalue weighted by molar-refractivity contribution is 7.86. The SMILES string of the molecule is O=C(C[n+]1cnn(C2CS(=O)C2)c1)c1ccccc1.[Br-]. The van der Waals surface area contributed by atoms with E-state index < -0.39 is 10.8 Å². The summed E-state index contributed by atoms with van der Waals surface area (Å²) in [5, 5.41) is 4.21. The summed E-state index contributed by atoms with van der Waals surface area (Å²) in [6, 6.07) is 9.42. The molecule has 0 unspecified atom stereocenters. The molecular weight excluding hydrogens is 342 g/mol. The van der Waals surface area contributed by atoms with Gasteiger partial charge >= 0.3 is 0 Å². The Bertz CT molecular complexity index is 622. The van der Waals surface area contributed by atoms with Crippen molar-refractivity contribution in [2.75, 3.05) is 11.5 Å². The van der Waals surface area contributed by atoms with Crippen LogP contribution in [0.2, 0.25) is 0 Å². The van der Waals surface area contributed by atoms with E-state index >= 15 is 0 Å². The van der Waals surface area contributed by atoms with Crippen molar-refractivity contribution in [2.45, 2.75) is 12.6 Å². The van der Waals surface area contributed by atoms with Crippen molar-refractivity contribution in [3.63, 3.8) is 0 Å². The van der Waals surface area contributed by atoms with Gasteiger partial charge in [0, 0.05) is 21.5 Å². The van der Waals surface area contributed by atoms with Crippen molar-refractivity contribution in [1.82, 2.24) is 9.78 Å². The molecule has 1 aromatic heterocycles. The molecule has 1 aromatic carbocycles. The first-order chi connectivity index (χ1) is 9.22. The van der Waals surface area contributed by atoms with Crippen LogP contribution < -0.4 is 21.5 Å². The molecule has 7 heteroatoms. The lowest BCUT2D eigenvalue weighted by Gasteiger charge is -2.19. The van der Waals surface area contributed by atoms with Crippen LogP contribution in [0.25, 0.3) is 0 Å². The zero-order chi connectivity index (χ0) is 13.2. The van der Waals surface area contributed by atoms with E-state index in [-0.39, 0.29) is 35.4 Å². The second-order valence-electron chi connectivity index (χ2n) is 4.61. The Morgan fingerprint density at radius 1 is 1.35 bits per heavy atom. The van der Waals surface area contributed by atoms with E-state index in [1.807, 2.05) is 36.7 Å². The topological polar surface area (TPSA) is 55.8 Å². The van der Waals surface area contributed by atoms with Crippen LogP contribution in [0.15, 0.2) is 43.0 Å². The minimum atomic E-state index is -0.691. The average molecular weight is 356 g/mol. The van der Waals surface area contributed by atoms with E-state index in [0.717, 1.165) is 0 Å². The average Bonchev–Trinajstić information content (AvgIpc) is 2.84. The van der Waals surface area contributed by atoms with Crippen LogP contribution in [0, 0.1) is 0 Å². The molecular formula is C13H14BrN3O2S. The first-order valence-corrected chi connectivity index (χ1v) is 7.57. The fourth-order valence-corrected chi connectivity index (χ4v) is 3.09. The van der Waals surface area contributed by atoms with Crippen LogP contribution in [0.3, 0.4) is 0 Å². The number of carbonyl (C=O) groups excluding carboxylic acids is 1. The lowest BCUT2D eigenvalue weighted by atomic mass is 10.1. The van der Waals surface area contributed by atoms with Crippen molar-refractivity contribution in [3.05, 3.63) is 48.5 Å². The van der Waals surface area contributed by atoms with Crippen molar-refractivity contribution < 1.29 is 30.6 Å². The molecule has 0 aliphatic carbocycles. The number of aromatic nitrogens is 3. The standard InChI is InChI=1S/C13H14N3O2S.BrH/c17-13(11-4-2-1-3-5-11)6-15-9-14-16(10-15)12-7-19(18)8-12;/h1-5,9-10,12H,6-8H2;1H/q+1;/p-1. The Balaban J connectivity index is 0.00000147. The third kappa shape index (κ3) is 3.21. The normalized spacial score (nSPS) is 20.8. The first-order valence-electron chi connectivity index (χ1n) is 6.09. The van der Waals surface area contributed by atoms with E-state index in [4.69, 9.17) is 0 Å². The summed E-state index contributed by atoms with van der Waals surface area (Å²) in [6.45, 7) is 0.278. The highest BCUT2D eigenvalue weighted by Crippen LogP contribution is 2.17. The number of hydrogen-bond donors (Lipinski definition) is 0. The Labute approximate surface area is 129 Å². The van der Waals surface area contributed by atoms with Gasteiger partial charge in [0.1, 0.15) is 12.6 Å². The number of halogens is 1. The largest absolute Gasteiger partial charge is 1.00 e. The molecule has 1 aliphatic rings. The molecule has 0 amide bonds. The predicted molar refractivity (Wildman–Crippen MR) is 70.1 cm³/mol. The maximum atomic E-state index is 12.0. The molecule has 0 radical (unpaired) electrons. The van der Waals surface area contributed by atoms with Gasteiger partial charge in [-0.05, 0) is 0 Å². The number of carbonyl (C=O) groups is 1. The van der Waals surface area contributed by atoms with Crippen LogP contribution in [0.1, 0.15) is 16.4 Å². The third-order valence-electron chi connectivity index (χ3n) is 3.15. The lowest BCUT2D eigenvalue weighted by Crippen LogP contribution is -3.00. The summed E-state index contributed by atoms with van der Waals surface area (Å²) in [6.07, 6.45) is 3.45. The lowest BCUT2D eigenvalue weighted by molar-refractivity contribution is -0.684. The minimum absolute atomic E-state index is 0. The summed E-state index contributed by atoms with van der Waals surface area (Å²) in [7, 11) is -0.691. The van der Waals surface area contributed by atoms with Gasteiger partial charge in [-0.15, -0.1) is 4.68 Å². The van der Waals surface area contributed by atoms with Crippen LogP contribution in [0.4, 0.5) is 0 Å². The molecule has 1 aliphatic heterocycles. The zero-order valence-electron chi connectivity index (χ0n) is 10.7. The molecule has 3 rings (SSSR count). The van der Waals surface area contributed by atoms with Gasteiger partial charge in [0.05, 0.1) is 11.5 Å². The fourth-order valence-electron chi connectivity index (χ4n) is 2.02. The Morgan fingerprint density at radius 3 is 2.70 bits per heavy atom. The van der Waals surface area contributed by atoms with Crippen LogP contribution in [-0.4, -0.2) is 31.3 Å². The number of rotatable bonds is 4. The monoisotopic (exact) mass is 355 g/mol. The van der Waals surface area contributed by atoms with Gasteiger partial charge in [-0.25, -0.2) is 4.57 Å². The van der Waals surface area contributed by atoms with E-state index in [1.54, 1.807) is 15.6 Å². The summed E-state index contributed by atoms with van der Waals surface area (Å²) >= 11 is 0. The summed E-state index contributed by atoms with van der Waals surface area (Å²) in [5.74, 6) is 1.38. The van der Waals surface area contributed by atoms with Crippen LogP contribution in [0.5, 0.6) is 0 Å². The van der Waals surface area contributed by atoms with E-state index in [9.17, 15) is 9.00 Å². The summed E-state index contributed by atoms with van der Waals surface area (Å²) in [4.78, 5) is 12.0. The van der Waals surface area contributed by atoms with Crippen LogP contribution in [-0.2, 0) is 17.3 Å². The molecule has 2 heterocycles. The molecule has 1 fully saturated rings. The molecule has 106 valence electrons. The second-order valence-corrected chi connectivity index (χ2v) is 6.16. The fraction of sp³-hybridized carbons (Fsp3) is 0.308. The van der Waals surface area contributed by atoms with Crippen molar-refractivity contribution in [1.29, 1.82) is 0 Å². The number of Topliss-reactive ketones (excluding diaryl/α,β-unsaturated/α-hetero) is 1. The highest BCUT2D eigenvalue weighted by Gasteiger charge is 2.32. The van der Waals surface area contributed by atoms with Gasteiger partial charge < -0.3 is 17.0 Å². The van der Waals surface area contributed by atoms with Gasteiger partial charge in [-0.1, -0.05) is 30.3 Å². The van der Waals surface area contributed by atoms with E-state index in [1.165, 1.54) is 0 Å². The van der Waals surface area contributed by atoms with Gasteiger partial charge in [-0.3, -0.25) is 9.00 Å². The number of benzene rings is 1. The molecule has 0 N–H and O–H groups in total. The van der Waals surface area contributed by atoms with Gasteiger partial charge in [-0.2, -0.15) is 0 Å². The molecule has 1 saturated heterocycles. The molecule has 5 nitrogen and oxygen atoms in total. The van der Waals surface area contributed by atoms with Gasteiger partial charge in [0.2, 0.25) is 6.33 Å². The summed E-state index contributed by atoms with van der Waals surface area (Å²) in [5.41, 5.74) is 0.701. The molecule has 0 bridgehead atoms. The predicted octanol–water partition coefficient (Wildman–Crippen LogP) is -2.64. The number of ketones is 1. The van der Waals surface area contributed by atoms with Gasteiger partial charge in [0.15, 0.2) is 5.78 Å². The quantitative estimate of drug-likeness (QED) is 0.445. The highest BCUT2D eigenvalue weighted by atomic mass is 79.9. The van der Waals surface area contributed by atoms with Crippen molar-refractivity contribution >= 4 is 16.6 Å². The Kier molecular flexibility index (Phi) is 4.82. The van der Waals surface area contributed by atoms with E-state index in [2.05, 4.69) is 5.10 Å². The molecule has 0 saturated carbocycles. The maximum absolute atomic E-state index is 12.0. The van der Waals surface area contributed by atoms with Crippen molar-refractivity contribution in [2.24, 2.45) is 0 Å². The molecule has 20 heavy (non-hydrogen) atoms.